The first-order valence-corrected chi connectivity index (χ1v) is 9.56. The number of rotatable bonds is 5. The second-order valence-corrected chi connectivity index (χ2v) is 7.17. The highest BCUT2D eigenvalue weighted by atomic mass is 16.5. The average molecular weight is 370 g/mol. The van der Waals surface area contributed by atoms with Crippen molar-refractivity contribution in [2.75, 3.05) is 6.61 Å². The number of hydrogen-bond donors (Lipinski definition) is 2. The standard InChI is InChI=1S/C21H26N2O4/c1-2-7-17-18(20(25)27-13-14-8-4-3-5-9-14)19(23-21(26)22-17)15-10-6-11-16(24)12-15/h2,6-7,10-12,14,18-19,24H,3-5,8-9,13H2,1H3,(H,23,26)/b7-2+. The lowest BCUT2D eigenvalue weighted by molar-refractivity contribution is -0.148. The average Bonchev–Trinajstić information content (AvgIpc) is 2.67. The lowest BCUT2D eigenvalue weighted by Gasteiger charge is -2.30. The van der Waals surface area contributed by atoms with E-state index in [1.165, 1.54) is 19.3 Å². The maximum Gasteiger partial charge on any atom is 0.341 e. The zero-order valence-electron chi connectivity index (χ0n) is 15.6. The number of benzene rings is 1. The van der Waals surface area contributed by atoms with Gasteiger partial charge >= 0.3 is 12.0 Å². The summed E-state index contributed by atoms with van der Waals surface area (Å²) >= 11 is 0. The van der Waals surface area contributed by atoms with Crippen LogP contribution in [0.1, 0.15) is 50.6 Å². The van der Waals surface area contributed by atoms with Gasteiger partial charge in [0.1, 0.15) is 11.7 Å². The minimum absolute atomic E-state index is 0.0752. The molecule has 2 N–H and O–H groups in total. The molecule has 0 spiro atoms. The van der Waals surface area contributed by atoms with Gasteiger partial charge in [-0.2, -0.15) is 4.99 Å². The summed E-state index contributed by atoms with van der Waals surface area (Å²) in [7, 11) is 0. The molecule has 1 fully saturated rings. The zero-order valence-corrected chi connectivity index (χ0v) is 15.6. The van der Waals surface area contributed by atoms with Crippen LogP contribution in [0.3, 0.4) is 0 Å². The van der Waals surface area contributed by atoms with E-state index in [1.54, 1.807) is 36.4 Å². The fourth-order valence-electron chi connectivity index (χ4n) is 3.81. The first kappa shape index (κ1) is 19.1. The second kappa shape index (κ2) is 8.84. The number of nitrogens with zero attached hydrogens (tertiary/aromatic N) is 1. The quantitative estimate of drug-likeness (QED) is 0.769. The Kier molecular flexibility index (Phi) is 6.27. The molecule has 1 aromatic rings. The number of nitrogens with one attached hydrogen (secondary N) is 1. The maximum atomic E-state index is 13.0. The normalized spacial score (nSPS) is 23.7. The van der Waals surface area contributed by atoms with Gasteiger partial charge in [-0.15, -0.1) is 0 Å². The molecule has 144 valence electrons. The Morgan fingerprint density at radius 1 is 1.33 bits per heavy atom. The lowest BCUT2D eigenvalue weighted by Crippen LogP contribution is -2.44. The molecule has 0 aromatic heterocycles. The van der Waals surface area contributed by atoms with Crippen LogP contribution in [0.2, 0.25) is 0 Å². The number of carbonyl (C=O) groups is 2. The molecule has 0 bridgehead atoms. The molecule has 1 heterocycles. The molecule has 2 aliphatic rings. The van der Waals surface area contributed by atoms with Crippen molar-refractivity contribution in [1.29, 1.82) is 0 Å². The minimum Gasteiger partial charge on any atom is -0.508 e. The Morgan fingerprint density at radius 3 is 2.81 bits per heavy atom. The molecule has 2 unspecified atom stereocenters. The van der Waals surface area contributed by atoms with Crippen LogP contribution in [0, 0.1) is 11.8 Å². The van der Waals surface area contributed by atoms with E-state index < -0.39 is 24.0 Å². The van der Waals surface area contributed by atoms with Gasteiger partial charge in [0.05, 0.1) is 18.4 Å². The highest BCUT2D eigenvalue weighted by Gasteiger charge is 2.39. The van der Waals surface area contributed by atoms with Gasteiger partial charge in [-0.1, -0.05) is 37.5 Å². The van der Waals surface area contributed by atoms with Gasteiger partial charge in [-0.05, 0) is 49.5 Å². The number of phenolic OH excluding ortho intramolecular Hbond substituents is 1. The molecule has 1 aliphatic carbocycles. The smallest absolute Gasteiger partial charge is 0.341 e. The van der Waals surface area contributed by atoms with E-state index in [0.717, 1.165) is 12.8 Å². The van der Waals surface area contributed by atoms with Crippen molar-refractivity contribution in [3.63, 3.8) is 0 Å². The van der Waals surface area contributed by atoms with Crippen LogP contribution in [-0.4, -0.2) is 29.4 Å². The van der Waals surface area contributed by atoms with Crippen molar-refractivity contribution in [2.24, 2.45) is 16.8 Å². The van der Waals surface area contributed by atoms with Crippen LogP contribution in [0.4, 0.5) is 4.79 Å². The molecule has 2 atom stereocenters. The van der Waals surface area contributed by atoms with E-state index in [0.29, 0.717) is 23.8 Å². The van der Waals surface area contributed by atoms with E-state index in [9.17, 15) is 14.7 Å². The largest absolute Gasteiger partial charge is 0.508 e. The molecule has 0 radical (unpaired) electrons. The minimum atomic E-state index is -0.746. The summed E-state index contributed by atoms with van der Waals surface area (Å²) in [5.41, 5.74) is 1.02. The maximum absolute atomic E-state index is 13.0. The third-order valence-corrected chi connectivity index (χ3v) is 5.17. The molecule has 6 nitrogen and oxygen atoms in total. The lowest BCUT2D eigenvalue weighted by atomic mass is 9.87. The Bertz CT molecular complexity index is 750. The van der Waals surface area contributed by atoms with Crippen LogP contribution in [0.25, 0.3) is 0 Å². The number of urea groups is 1. The molecule has 6 heteroatoms. The zero-order chi connectivity index (χ0) is 19.2. The van der Waals surface area contributed by atoms with E-state index in [-0.39, 0.29) is 5.75 Å². The molecule has 3 rings (SSSR count). The van der Waals surface area contributed by atoms with Crippen LogP contribution in [0.5, 0.6) is 5.75 Å². The van der Waals surface area contributed by atoms with Crippen LogP contribution < -0.4 is 5.32 Å². The summed E-state index contributed by atoms with van der Waals surface area (Å²) < 4.78 is 5.65. The van der Waals surface area contributed by atoms with E-state index in [4.69, 9.17) is 4.74 Å². The molecular formula is C21H26N2O4. The van der Waals surface area contributed by atoms with Gasteiger partial charge in [-0.3, -0.25) is 4.79 Å². The van der Waals surface area contributed by atoms with Crippen LogP contribution in [0.15, 0.2) is 41.4 Å². The van der Waals surface area contributed by atoms with E-state index >= 15 is 0 Å². The van der Waals surface area contributed by atoms with Crippen molar-refractivity contribution in [3.05, 3.63) is 42.0 Å². The number of amides is 2. The second-order valence-electron chi connectivity index (χ2n) is 7.17. The summed E-state index contributed by atoms with van der Waals surface area (Å²) in [6.07, 6.45) is 9.19. The summed E-state index contributed by atoms with van der Waals surface area (Å²) in [4.78, 5) is 29.0. The van der Waals surface area contributed by atoms with Gasteiger partial charge in [0.25, 0.3) is 0 Å². The number of ether oxygens (including phenoxy) is 1. The Hall–Kier alpha value is -2.63. The summed E-state index contributed by atoms with van der Waals surface area (Å²) in [6.45, 7) is 2.21. The SMILES string of the molecule is C/C=C/C1=NC(=O)NC(c2cccc(O)c2)C1C(=O)OCC1CCCCC1. The molecule has 2 amide bonds. The number of carbonyl (C=O) groups excluding carboxylic acids is 2. The number of phenols is 1. The third-order valence-electron chi connectivity index (χ3n) is 5.17. The van der Waals surface area contributed by atoms with Gasteiger partial charge < -0.3 is 15.2 Å². The van der Waals surface area contributed by atoms with Gasteiger partial charge in [0.15, 0.2) is 0 Å². The van der Waals surface area contributed by atoms with E-state index in [2.05, 4.69) is 10.3 Å². The molecular weight excluding hydrogens is 344 g/mol. The van der Waals surface area contributed by atoms with E-state index in [1.807, 2.05) is 6.92 Å². The number of aliphatic imine (C=N–C) groups is 1. The van der Waals surface area contributed by atoms with Crippen molar-refractivity contribution >= 4 is 17.7 Å². The Labute approximate surface area is 159 Å². The summed E-state index contributed by atoms with van der Waals surface area (Å²) in [5.74, 6) is -0.663. The van der Waals surface area contributed by atoms with Crippen molar-refractivity contribution in [3.8, 4) is 5.75 Å². The fourth-order valence-corrected chi connectivity index (χ4v) is 3.81. The van der Waals surface area contributed by atoms with Crippen molar-refractivity contribution in [1.82, 2.24) is 5.32 Å². The number of aromatic hydroxyl groups is 1. The highest BCUT2D eigenvalue weighted by Crippen LogP contribution is 2.31. The topological polar surface area (TPSA) is 88.0 Å². The number of esters is 1. The third kappa shape index (κ3) is 4.76. The fraction of sp³-hybridized carbons (Fsp3) is 0.476. The van der Waals surface area contributed by atoms with Gasteiger partial charge in [0, 0.05) is 0 Å². The van der Waals surface area contributed by atoms with Crippen LogP contribution in [-0.2, 0) is 9.53 Å². The van der Waals surface area contributed by atoms with Crippen molar-refractivity contribution < 1.29 is 19.4 Å². The van der Waals surface area contributed by atoms with Gasteiger partial charge in [0.2, 0.25) is 0 Å². The predicted molar refractivity (Wildman–Crippen MR) is 103 cm³/mol. The Morgan fingerprint density at radius 2 is 2.11 bits per heavy atom. The van der Waals surface area contributed by atoms with Crippen LogP contribution >= 0.6 is 0 Å². The predicted octanol–water partition coefficient (Wildman–Crippen LogP) is 3.91. The highest BCUT2D eigenvalue weighted by molar-refractivity contribution is 6.14. The first-order valence-electron chi connectivity index (χ1n) is 9.56. The molecule has 0 saturated heterocycles. The molecule has 1 aromatic carbocycles. The summed E-state index contributed by atoms with van der Waals surface area (Å²) in [5, 5.41) is 12.5. The van der Waals surface area contributed by atoms with Crippen molar-refractivity contribution in [2.45, 2.75) is 45.1 Å². The number of hydrogen-bond acceptors (Lipinski definition) is 4. The molecule has 1 saturated carbocycles. The number of allylic oxidation sites excluding steroid dienone is 2. The monoisotopic (exact) mass is 370 g/mol. The van der Waals surface area contributed by atoms with Gasteiger partial charge in [-0.25, -0.2) is 4.79 Å². The summed E-state index contributed by atoms with van der Waals surface area (Å²) in [6, 6.07) is 5.41. The first-order chi connectivity index (χ1) is 13.1. The molecule has 1 aliphatic heterocycles. The molecule has 27 heavy (non-hydrogen) atoms. The Balaban J connectivity index is 1.83.